The number of nitrogens with zero attached hydrogens (tertiary/aromatic N) is 4. The fraction of sp³-hybridized carbons (Fsp3) is 0.355. The molecule has 0 spiro atoms. The van der Waals surface area contributed by atoms with Crippen LogP contribution in [0.25, 0.3) is 10.2 Å². The van der Waals surface area contributed by atoms with Crippen LogP contribution < -0.4 is 9.21 Å². The maximum absolute atomic E-state index is 13.9. The van der Waals surface area contributed by atoms with Gasteiger partial charge >= 0.3 is 0 Å². The summed E-state index contributed by atoms with van der Waals surface area (Å²) in [6.45, 7) is 11.8. The SMILES string of the molecule is CCN(CC)CCN(C(=O)c1ccc(S(=O)(=O)N2CCCc3ccccc32)cc1)c1nc2c(C)c(C)ccc2s1.Cl. The van der Waals surface area contributed by atoms with E-state index in [1.54, 1.807) is 29.2 Å². The highest BCUT2D eigenvalue weighted by Crippen LogP contribution is 2.34. The predicted octanol–water partition coefficient (Wildman–Crippen LogP) is 6.47. The van der Waals surface area contributed by atoms with Crippen molar-refractivity contribution in [3.8, 4) is 0 Å². The Morgan fingerprint density at radius 3 is 2.39 bits per heavy atom. The molecular formula is C31H37ClN4O3S2. The first-order valence-corrected chi connectivity index (χ1v) is 16.1. The number of aromatic nitrogens is 1. The van der Waals surface area contributed by atoms with Crippen molar-refractivity contribution in [3.63, 3.8) is 0 Å². The van der Waals surface area contributed by atoms with Crippen LogP contribution in [0.15, 0.2) is 65.6 Å². The zero-order valence-electron chi connectivity index (χ0n) is 24.0. The van der Waals surface area contributed by atoms with Crippen molar-refractivity contribution in [1.29, 1.82) is 0 Å². The summed E-state index contributed by atoms with van der Waals surface area (Å²) in [4.78, 5) is 23.0. The summed E-state index contributed by atoms with van der Waals surface area (Å²) in [5, 5.41) is 0.655. The van der Waals surface area contributed by atoms with Crippen molar-refractivity contribution in [2.45, 2.75) is 45.4 Å². The maximum atomic E-state index is 13.9. The lowest BCUT2D eigenvalue weighted by molar-refractivity contribution is 0.0983. The molecule has 0 fully saturated rings. The molecule has 218 valence electrons. The first-order valence-electron chi connectivity index (χ1n) is 13.9. The molecule has 5 rings (SSSR count). The second-order valence-corrected chi connectivity index (χ2v) is 13.0. The molecule has 10 heteroatoms. The molecule has 4 aromatic rings. The number of benzene rings is 3. The first-order chi connectivity index (χ1) is 19.2. The zero-order valence-corrected chi connectivity index (χ0v) is 26.4. The lowest BCUT2D eigenvalue weighted by Gasteiger charge is -2.30. The van der Waals surface area contributed by atoms with Crippen LogP contribution in [-0.4, -0.2) is 56.9 Å². The van der Waals surface area contributed by atoms with Gasteiger partial charge in [-0.2, -0.15) is 0 Å². The van der Waals surface area contributed by atoms with E-state index in [1.807, 2.05) is 24.3 Å². The summed E-state index contributed by atoms with van der Waals surface area (Å²) in [6, 6.07) is 18.1. The Labute approximate surface area is 253 Å². The topological polar surface area (TPSA) is 73.8 Å². The molecule has 1 aliphatic rings. The lowest BCUT2D eigenvalue weighted by Crippen LogP contribution is -2.39. The van der Waals surface area contributed by atoms with Gasteiger partial charge in [0.05, 0.1) is 20.8 Å². The maximum Gasteiger partial charge on any atom is 0.264 e. The lowest BCUT2D eigenvalue weighted by atomic mass is 10.0. The van der Waals surface area contributed by atoms with Gasteiger partial charge in [-0.1, -0.05) is 49.4 Å². The second kappa shape index (κ2) is 12.9. The van der Waals surface area contributed by atoms with Gasteiger partial charge in [0.15, 0.2) is 5.13 Å². The molecule has 1 aromatic heterocycles. The van der Waals surface area contributed by atoms with Crippen molar-refractivity contribution >= 4 is 60.7 Å². The van der Waals surface area contributed by atoms with Crippen molar-refractivity contribution in [2.75, 3.05) is 41.9 Å². The van der Waals surface area contributed by atoms with Crippen LogP contribution >= 0.6 is 23.7 Å². The van der Waals surface area contributed by atoms with Crippen LogP contribution in [0.1, 0.15) is 47.3 Å². The first kappa shape index (κ1) is 31.0. The molecule has 7 nitrogen and oxygen atoms in total. The molecule has 41 heavy (non-hydrogen) atoms. The Morgan fingerprint density at radius 1 is 0.976 bits per heavy atom. The average molecular weight is 613 g/mol. The van der Waals surface area contributed by atoms with Crippen molar-refractivity contribution in [3.05, 3.63) is 82.9 Å². The van der Waals surface area contributed by atoms with Crippen molar-refractivity contribution < 1.29 is 13.2 Å². The molecule has 0 bridgehead atoms. The van der Waals surface area contributed by atoms with E-state index in [0.717, 1.165) is 53.0 Å². The number of rotatable bonds is 9. The third kappa shape index (κ3) is 6.14. The summed E-state index contributed by atoms with van der Waals surface area (Å²) in [7, 11) is -3.75. The Hall–Kier alpha value is -2.98. The number of halogens is 1. The van der Waals surface area contributed by atoms with Crippen LogP contribution in [0.3, 0.4) is 0 Å². The van der Waals surface area contributed by atoms with Crippen LogP contribution in [-0.2, 0) is 16.4 Å². The number of sulfonamides is 1. The minimum Gasteiger partial charge on any atom is -0.302 e. The molecule has 1 aliphatic heterocycles. The number of carbonyl (C=O) groups excluding carboxylic acids is 1. The molecule has 0 aliphatic carbocycles. The molecule has 0 N–H and O–H groups in total. The molecule has 1 amide bonds. The number of para-hydroxylation sites is 1. The van der Waals surface area contributed by atoms with Gasteiger partial charge in [-0.15, -0.1) is 12.4 Å². The van der Waals surface area contributed by atoms with Gasteiger partial charge < -0.3 is 4.90 Å². The standard InChI is InChI=1S/C31H36N4O3S2.ClH/c1-5-33(6-2)20-21-34(31-32-29-23(4)22(3)13-18-28(29)39-31)30(36)25-14-16-26(17-15-25)40(37,38)35-19-9-11-24-10-7-8-12-27(24)35;/h7-8,10,12-18H,5-6,9,11,19-21H2,1-4H3;1H. The average Bonchev–Trinajstić information content (AvgIpc) is 3.41. The highest BCUT2D eigenvalue weighted by atomic mass is 35.5. The molecule has 0 unspecified atom stereocenters. The minimum atomic E-state index is -3.75. The Morgan fingerprint density at radius 2 is 1.68 bits per heavy atom. The quantitative estimate of drug-likeness (QED) is 0.217. The number of thiazole rings is 1. The van der Waals surface area contributed by atoms with Gasteiger partial charge in [-0.3, -0.25) is 14.0 Å². The van der Waals surface area contributed by atoms with Crippen LogP contribution in [0, 0.1) is 13.8 Å². The predicted molar refractivity (Wildman–Crippen MR) is 172 cm³/mol. The number of amides is 1. The molecular weight excluding hydrogens is 576 g/mol. The number of aryl methyl sites for hydroxylation is 3. The normalized spacial score (nSPS) is 13.2. The van der Waals surface area contributed by atoms with Crippen molar-refractivity contribution in [2.24, 2.45) is 0 Å². The van der Waals surface area contributed by atoms with E-state index in [9.17, 15) is 13.2 Å². The molecule has 0 atom stereocenters. The van der Waals surface area contributed by atoms with Gasteiger partial charge in [0.25, 0.3) is 15.9 Å². The van der Waals surface area contributed by atoms with E-state index >= 15 is 0 Å². The molecule has 0 saturated carbocycles. The zero-order chi connectivity index (χ0) is 28.4. The number of hydrogen-bond acceptors (Lipinski definition) is 6. The summed E-state index contributed by atoms with van der Waals surface area (Å²) >= 11 is 1.51. The molecule has 3 aromatic carbocycles. The van der Waals surface area contributed by atoms with Gasteiger partial charge in [0.2, 0.25) is 0 Å². The van der Waals surface area contributed by atoms with Crippen molar-refractivity contribution in [1.82, 2.24) is 9.88 Å². The van der Waals surface area contributed by atoms with Gasteiger partial charge in [-0.25, -0.2) is 13.4 Å². The van der Waals surface area contributed by atoms with E-state index < -0.39 is 10.0 Å². The van der Waals surface area contributed by atoms with E-state index in [0.29, 0.717) is 30.3 Å². The Balaban J connectivity index is 0.00000387. The number of anilines is 2. The number of hydrogen-bond donors (Lipinski definition) is 0. The molecule has 2 heterocycles. The van der Waals surface area contributed by atoms with Crippen LogP contribution in [0.2, 0.25) is 0 Å². The summed E-state index contributed by atoms with van der Waals surface area (Å²) in [5.74, 6) is -0.187. The second-order valence-electron chi connectivity index (χ2n) is 10.2. The molecule has 0 saturated heterocycles. The third-order valence-electron chi connectivity index (χ3n) is 7.84. The largest absolute Gasteiger partial charge is 0.302 e. The summed E-state index contributed by atoms with van der Waals surface area (Å²) in [5.41, 5.74) is 5.41. The van der Waals surface area contributed by atoms with E-state index in [-0.39, 0.29) is 23.2 Å². The smallest absolute Gasteiger partial charge is 0.264 e. The van der Waals surface area contributed by atoms with E-state index in [1.165, 1.54) is 21.2 Å². The van der Waals surface area contributed by atoms with Gasteiger partial charge in [-0.05, 0) is 92.9 Å². The number of carbonyl (C=O) groups is 1. The Kier molecular flexibility index (Phi) is 9.74. The number of likely N-dealkylation sites (N-methyl/N-ethyl adjacent to an activating group) is 1. The summed E-state index contributed by atoms with van der Waals surface area (Å²) in [6.07, 6.45) is 1.64. The summed E-state index contributed by atoms with van der Waals surface area (Å²) < 4.78 is 29.7. The highest BCUT2D eigenvalue weighted by molar-refractivity contribution is 7.92. The fourth-order valence-corrected chi connectivity index (χ4v) is 7.79. The monoisotopic (exact) mass is 612 g/mol. The van der Waals surface area contributed by atoms with E-state index in [4.69, 9.17) is 4.98 Å². The molecule has 0 radical (unpaired) electrons. The van der Waals surface area contributed by atoms with Gasteiger partial charge in [0.1, 0.15) is 0 Å². The van der Waals surface area contributed by atoms with Crippen LogP contribution in [0.4, 0.5) is 10.8 Å². The van der Waals surface area contributed by atoms with Crippen LogP contribution in [0.5, 0.6) is 0 Å². The van der Waals surface area contributed by atoms with E-state index in [2.05, 4.69) is 44.7 Å². The van der Waals surface area contributed by atoms with Gasteiger partial charge in [0, 0.05) is 25.2 Å². The number of fused-ring (bicyclic) bond motifs is 2. The third-order valence-corrected chi connectivity index (χ3v) is 10.7. The fourth-order valence-electron chi connectivity index (χ4n) is 5.20. The Bertz CT molecular complexity index is 1630. The minimum absolute atomic E-state index is 0. The highest BCUT2D eigenvalue weighted by Gasteiger charge is 2.29.